The van der Waals surface area contributed by atoms with Gasteiger partial charge < -0.3 is 17.9 Å². The minimum Gasteiger partial charge on any atom is -0.696 e. The van der Waals surface area contributed by atoms with Crippen molar-refractivity contribution in [2.24, 2.45) is 10.2 Å². The number of aromatic nitrogens is 1. The molecule has 8 nitrogen and oxygen atoms in total. The van der Waals surface area contributed by atoms with Gasteiger partial charge in [-0.3, -0.25) is 10.1 Å². The average Bonchev–Trinajstić information content (AvgIpc) is 2.80. The first kappa shape index (κ1) is 24.8. The van der Waals surface area contributed by atoms with Crippen LogP contribution < -0.4 is 9.88 Å². The number of pyridine rings is 1. The smallest absolute Gasteiger partial charge is 0.271 e. The summed E-state index contributed by atoms with van der Waals surface area (Å²) in [4.78, 5) is 10.2. The molecule has 164 valence electrons. The number of halogens is 1. The monoisotopic (exact) mass is 468 g/mol. The molecule has 0 amide bonds. The molecule has 1 N–H and O–H groups in total. The Bertz CT molecular complexity index is 1070. The van der Waals surface area contributed by atoms with E-state index in [2.05, 4.69) is 45.1 Å². The third-order valence-corrected chi connectivity index (χ3v) is 4.57. The molecule has 0 aliphatic carbocycles. The zero-order valence-corrected chi connectivity index (χ0v) is 18.7. The molecule has 0 aliphatic rings. The maximum atomic E-state index is 10.7. The fraction of sp³-hybridized carbons (Fsp3) is 0.182. The van der Waals surface area contributed by atoms with Crippen LogP contribution >= 0.6 is 11.6 Å². The van der Waals surface area contributed by atoms with Gasteiger partial charge in [-0.05, 0) is 36.7 Å². The number of nitriles is 1. The number of azo groups is 1. The van der Waals surface area contributed by atoms with E-state index in [0.717, 1.165) is 26.1 Å². The Hall–Kier alpha value is -3.45. The highest BCUT2D eigenvalue weighted by atomic mass is 35.5. The van der Waals surface area contributed by atoms with E-state index in [4.69, 9.17) is 16.9 Å². The second-order valence-corrected chi connectivity index (χ2v) is 7.05. The summed E-state index contributed by atoms with van der Waals surface area (Å²) in [6, 6.07) is 18.0. The summed E-state index contributed by atoms with van der Waals surface area (Å²) >= 11 is 9.72. The first-order valence-electron chi connectivity index (χ1n) is 9.64. The molecule has 1 aromatic heterocycles. The normalized spacial score (nSPS) is 10.2. The first-order valence-corrected chi connectivity index (χ1v) is 10.4. The Labute approximate surface area is 196 Å². The summed E-state index contributed by atoms with van der Waals surface area (Å²) < 4.78 is 2.14. The van der Waals surface area contributed by atoms with Gasteiger partial charge in [-0.15, -0.1) is 5.11 Å². The minimum absolute atomic E-state index is 0.0747. The molecule has 0 atom stereocenters. The van der Waals surface area contributed by atoms with Gasteiger partial charge in [-0.2, -0.15) is 5.11 Å². The molecular weight excluding hydrogens is 448 g/mol. The Morgan fingerprint density at radius 2 is 1.78 bits per heavy atom. The van der Waals surface area contributed by atoms with Crippen molar-refractivity contribution in [3.63, 3.8) is 0 Å². The molecule has 0 fully saturated rings. The van der Waals surface area contributed by atoms with Crippen LogP contribution in [0, 0.1) is 20.8 Å². The number of hydrogen-bond acceptors (Lipinski definition) is 7. The van der Waals surface area contributed by atoms with E-state index in [1.807, 2.05) is 42.5 Å². The van der Waals surface area contributed by atoms with Crippen molar-refractivity contribution in [1.82, 2.24) is 5.32 Å². The van der Waals surface area contributed by atoms with Crippen molar-refractivity contribution in [2.75, 3.05) is 13.1 Å². The predicted molar refractivity (Wildman–Crippen MR) is 125 cm³/mol. The van der Waals surface area contributed by atoms with Crippen LogP contribution in [0.5, 0.6) is 0 Å². The summed E-state index contributed by atoms with van der Waals surface area (Å²) in [6.45, 7) is 2.75. The third-order valence-electron chi connectivity index (χ3n) is 4.27. The zero-order chi connectivity index (χ0) is 23.2. The number of nitrogens with zero attached hydrogens (tertiary/aromatic N) is 5. The van der Waals surface area contributed by atoms with Crippen LogP contribution in [0.4, 0.5) is 17.1 Å². The van der Waals surface area contributed by atoms with E-state index < -0.39 is 4.92 Å². The van der Waals surface area contributed by atoms with E-state index in [0.29, 0.717) is 11.4 Å². The van der Waals surface area contributed by atoms with Gasteiger partial charge in [0.15, 0.2) is 18.9 Å². The van der Waals surface area contributed by atoms with Gasteiger partial charge >= 0.3 is 0 Å². The number of nitrogens with one attached hydrogen (secondary N) is 1. The number of benzene rings is 2. The summed E-state index contributed by atoms with van der Waals surface area (Å²) in [6.07, 6.45) is 5.03. The highest BCUT2D eigenvalue weighted by Gasteiger charge is 2.08. The van der Waals surface area contributed by atoms with Crippen molar-refractivity contribution in [2.45, 2.75) is 13.0 Å². The summed E-state index contributed by atoms with van der Waals surface area (Å²) in [5.41, 5.74) is 2.21. The van der Waals surface area contributed by atoms with Gasteiger partial charge in [0.25, 0.3) is 5.69 Å². The third kappa shape index (κ3) is 8.73. The van der Waals surface area contributed by atoms with Gasteiger partial charge in [-0.25, -0.2) is 9.83 Å². The van der Waals surface area contributed by atoms with Crippen LogP contribution in [0.25, 0.3) is 0 Å². The van der Waals surface area contributed by atoms with Crippen molar-refractivity contribution >= 4 is 41.3 Å². The van der Waals surface area contributed by atoms with Gasteiger partial charge in [-0.1, -0.05) is 35.2 Å². The number of nitro benzene ring substituents is 1. The highest BCUT2D eigenvalue weighted by Crippen LogP contribution is 2.30. The van der Waals surface area contributed by atoms with Crippen LogP contribution in [-0.4, -0.2) is 18.0 Å². The number of rotatable bonds is 9. The molecule has 0 saturated carbocycles. The van der Waals surface area contributed by atoms with Crippen LogP contribution in [0.15, 0.2) is 83.3 Å². The van der Waals surface area contributed by atoms with Crippen molar-refractivity contribution in [1.29, 1.82) is 5.26 Å². The van der Waals surface area contributed by atoms with E-state index in [-0.39, 0.29) is 10.7 Å². The summed E-state index contributed by atoms with van der Waals surface area (Å²) in [5.74, 6) is 0. The predicted octanol–water partition coefficient (Wildman–Crippen LogP) is 4.80. The minimum atomic E-state index is -0.499. The van der Waals surface area contributed by atoms with Crippen LogP contribution in [-0.2, 0) is 25.6 Å². The molecule has 0 spiro atoms. The fourth-order valence-electron chi connectivity index (χ4n) is 2.68. The fourth-order valence-corrected chi connectivity index (χ4v) is 2.89. The topological polar surface area (TPSA) is 108 Å². The molecule has 0 radical (unpaired) electrons. The van der Waals surface area contributed by atoms with E-state index in [1.54, 1.807) is 0 Å². The molecule has 32 heavy (non-hydrogen) atoms. The lowest BCUT2D eigenvalue weighted by Crippen LogP contribution is -2.38. The van der Waals surface area contributed by atoms with Gasteiger partial charge in [0, 0.05) is 24.3 Å². The zero-order valence-electron chi connectivity index (χ0n) is 17.1. The molecule has 0 unspecified atom stereocenters. The number of thiocyanates is 1. The second kappa shape index (κ2) is 13.8. The summed E-state index contributed by atoms with van der Waals surface area (Å²) in [5, 5.41) is 31.1. The molecule has 3 aromatic rings. The maximum absolute atomic E-state index is 10.7. The van der Waals surface area contributed by atoms with Gasteiger partial charge in [0.1, 0.15) is 5.69 Å². The Kier molecular flexibility index (Phi) is 10.7. The average molecular weight is 469 g/mol. The van der Waals surface area contributed by atoms with Gasteiger partial charge in [0.05, 0.1) is 22.2 Å². The van der Waals surface area contributed by atoms with E-state index >= 15 is 0 Å². The molecule has 3 rings (SSSR count). The van der Waals surface area contributed by atoms with Crippen LogP contribution in [0.2, 0.25) is 5.02 Å². The molecular formula is C22H21ClN6O2S. The van der Waals surface area contributed by atoms with Crippen LogP contribution in [0.3, 0.4) is 0 Å². The Balaban J connectivity index is 0.00000114. The summed E-state index contributed by atoms with van der Waals surface area (Å²) in [7, 11) is 0. The number of nitro groups is 1. The first-order chi connectivity index (χ1) is 15.5. The largest absolute Gasteiger partial charge is 0.696 e. The SMILES string of the molecule is N#C[S-].O=[N+]([O-])c1ccc(N=Nc2ccc(CCNCC[n+]3ccccc3)cc2)c(Cl)c1. The molecule has 0 saturated heterocycles. The molecule has 2 aromatic carbocycles. The lowest BCUT2D eigenvalue weighted by atomic mass is 10.1. The lowest BCUT2D eigenvalue weighted by molar-refractivity contribution is -0.695. The van der Waals surface area contributed by atoms with Crippen molar-refractivity contribution in [3.8, 4) is 5.40 Å². The van der Waals surface area contributed by atoms with Crippen LogP contribution in [0.1, 0.15) is 5.56 Å². The maximum Gasteiger partial charge on any atom is 0.271 e. The van der Waals surface area contributed by atoms with Crippen molar-refractivity contribution < 1.29 is 9.49 Å². The quantitative estimate of drug-likeness (QED) is 0.0922. The Morgan fingerprint density at radius 1 is 1.09 bits per heavy atom. The molecule has 1 heterocycles. The van der Waals surface area contributed by atoms with E-state index in [9.17, 15) is 10.1 Å². The molecule has 0 bridgehead atoms. The number of non-ortho nitro benzene ring substituents is 1. The molecule has 10 heteroatoms. The van der Waals surface area contributed by atoms with E-state index in [1.165, 1.54) is 29.2 Å². The Morgan fingerprint density at radius 3 is 2.41 bits per heavy atom. The van der Waals surface area contributed by atoms with Gasteiger partial charge in [0.2, 0.25) is 0 Å². The number of hydrogen-bond donors (Lipinski definition) is 1. The lowest BCUT2D eigenvalue weighted by Gasteiger charge is -2.04. The standard InChI is InChI=1S/C21H21ClN5O2.CHNS/c22-20-16-19(27(28)29)8-9-21(20)25-24-18-6-4-17(5-7-18)10-11-23-12-15-26-13-2-1-3-14-26;2-1-3/h1-9,13-14,16,23H,10-12,15H2;3H/q+1;/p-1. The second-order valence-electron chi connectivity index (χ2n) is 6.46. The highest BCUT2D eigenvalue weighted by molar-refractivity contribution is 7.64. The molecule has 0 aliphatic heterocycles. The van der Waals surface area contributed by atoms with Crippen molar-refractivity contribution in [3.05, 3.63) is 93.8 Å².